The minimum Gasteiger partial charge on any atom is -0.431 e. The SMILES string of the molecule is CCc1ccc(Oc2nc3ccc([N+](=O)[O-])cc3s2)cc1C1C(=O)[C@@H]2CC[C@](C)(C1=O)C2(C)C. The van der Waals surface area contributed by atoms with Crippen molar-refractivity contribution >= 4 is 38.8 Å². The monoisotopic (exact) mass is 478 g/mol. The maximum atomic E-state index is 13.7. The van der Waals surface area contributed by atoms with Gasteiger partial charge in [0.15, 0.2) is 11.6 Å². The van der Waals surface area contributed by atoms with Crippen molar-refractivity contribution in [2.24, 2.45) is 16.7 Å². The Labute approximate surface area is 201 Å². The van der Waals surface area contributed by atoms with Gasteiger partial charge >= 0.3 is 0 Å². The molecule has 2 aliphatic rings. The highest BCUT2D eigenvalue weighted by molar-refractivity contribution is 7.20. The smallest absolute Gasteiger partial charge is 0.279 e. The number of benzene rings is 2. The molecule has 5 rings (SSSR count). The molecule has 34 heavy (non-hydrogen) atoms. The summed E-state index contributed by atoms with van der Waals surface area (Å²) in [6.45, 7) is 8.13. The van der Waals surface area contributed by atoms with E-state index in [4.69, 9.17) is 4.74 Å². The molecule has 0 aliphatic heterocycles. The van der Waals surface area contributed by atoms with E-state index in [9.17, 15) is 19.7 Å². The average molecular weight is 479 g/mol. The molecule has 1 aromatic heterocycles. The molecule has 0 radical (unpaired) electrons. The number of carbonyl (C=O) groups excluding carboxylic acids is 2. The number of hydrogen-bond acceptors (Lipinski definition) is 7. The molecule has 3 atom stereocenters. The highest BCUT2D eigenvalue weighted by atomic mass is 32.1. The van der Waals surface area contributed by atoms with Gasteiger partial charge in [-0.15, -0.1) is 0 Å². The Morgan fingerprint density at radius 1 is 1.18 bits per heavy atom. The van der Waals surface area contributed by atoms with Gasteiger partial charge in [-0.25, -0.2) is 4.98 Å². The zero-order valence-corrected chi connectivity index (χ0v) is 20.4. The third-order valence-electron chi connectivity index (χ3n) is 8.24. The number of nitrogens with zero attached hydrogens (tertiary/aromatic N) is 2. The van der Waals surface area contributed by atoms with Crippen LogP contribution in [0.25, 0.3) is 10.2 Å². The Hall–Kier alpha value is -3.13. The molecule has 2 aliphatic carbocycles. The van der Waals surface area contributed by atoms with Gasteiger partial charge in [0.1, 0.15) is 11.7 Å². The molecule has 0 N–H and O–H groups in total. The molecule has 1 unspecified atom stereocenters. The lowest BCUT2D eigenvalue weighted by Gasteiger charge is -2.46. The molecule has 8 heteroatoms. The fourth-order valence-electron chi connectivity index (χ4n) is 5.76. The molecule has 7 nitrogen and oxygen atoms in total. The van der Waals surface area contributed by atoms with Crippen LogP contribution in [-0.4, -0.2) is 21.5 Å². The highest BCUT2D eigenvalue weighted by Crippen LogP contribution is 2.62. The number of ether oxygens (including phenoxy) is 1. The number of aryl methyl sites for hydroxylation is 1. The quantitative estimate of drug-likeness (QED) is 0.245. The predicted molar refractivity (Wildman–Crippen MR) is 130 cm³/mol. The lowest BCUT2D eigenvalue weighted by molar-refractivity contribution is -0.384. The van der Waals surface area contributed by atoms with Crippen LogP contribution >= 0.6 is 11.3 Å². The van der Waals surface area contributed by atoms with Crippen LogP contribution < -0.4 is 4.74 Å². The Kier molecular flexibility index (Phi) is 5.13. The molecule has 0 spiro atoms. The van der Waals surface area contributed by atoms with Gasteiger partial charge in [0.25, 0.3) is 10.9 Å². The van der Waals surface area contributed by atoms with Gasteiger partial charge < -0.3 is 4.74 Å². The van der Waals surface area contributed by atoms with Crippen molar-refractivity contribution in [1.29, 1.82) is 0 Å². The zero-order valence-electron chi connectivity index (χ0n) is 19.6. The normalized spacial score (nSPS) is 25.6. The van der Waals surface area contributed by atoms with E-state index in [-0.39, 0.29) is 28.6 Å². The highest BCUT2D eigenvalue weighted by Gasteiger charge is 2.64. The molecule has 2 aromatic carbocycles. The van der Waals surface area contributed by atoms with E-state index in [0.717, 1.165) is 24.0 Å². The van der Waals surface area contributed by atoms with Gasteiger partial charge in [-0.05, 0) is 54.0 Å². The molecular weight excluding hydrogens is 452 g/mol. The molecule has 2 bridgehead atoms. The van der Waals surface area contributed by atoms with Crippen molar-refractivity contribution in [2.75, 3.05) is 0 Å². The van der Waals surface area contributed by atoms with E-state index in [2.05, 4.69) is 18.8 Å². The summed E-state index contributed by atoms with van der Waals surface area (Å²) in [5, 5.41) is 11.4. The number of nitro benzene ring substituents is 1. The first-order valence-corrected chi connectivity index (χ1v) is 12.3. The van der Waals surface area contributed by atoms with Crippen molar-refractivity contribution in [2.45, 2.75) is 52.9 Å². The number of hydrogen-bond donors (Lipinski definition) is 0. The third-order valence-corrected chi connectivity index (χ3v) is 9.13. The number of ketones is 2. The second-order valence-corrected chi connectivity index (χ2v) is 11.0. The van der Waals surface area contributed by atoms with Crippen LogP contribution in [0.4, 0.5) is 5.69 Å². The zero-order chi connectivity index (χ0) is 24.4. The lowest BCUT2D eigenvalue weighted by Crippen LogP contribution is -2.52. The molecule has 0 amide bonds. The van der Waals surface area contributed by atoms with Crippen molar-refractivity contribution in [3.8, 4) is 10.9 Å². The van der Waals surface area contributed by atoms with Crippen LogP contribution in [0.2, 0.25) is 0 Å². The van der Waals surface area contributed by atoms with Gasteiger partial charge in [0.05, 0.1) is 15.1 Å². The summed E-state index contributed by atoms with van der Waals surface area (Å²) >= 11 is 1.21. The van der Waals surface area contributed by atoms with E-state index in [1.165, 1.54) is 23.5 Å². The molecule has 1 heterocycles. The second kappa shape index (κ2) is 7.70. The van der Waals surface area contributed by atoms with Crippen molar-refractivity contribution in [3.63, 3.8) is 0 Å². The number of rotatable bonds is 5. The topological polar surface area (TPSA) is 99.4 Å². The Morgan fingerprint density at radius 2 is 1.94 bits per heavy atom. The largest absolute Gasteiger partial charge is 0.431 e. The summed E-state index contributed by atoms with van der Waals surface area (Å²) < 4.78 is 6.67. The molecule has 0 saturated heterocycles. The maximum absolute atomic E-state index is 13.7. The number of Topliss-reactive ketones (excluding diaryl/α,β-unsaturated/α-hetero) is 2. The Morgan fingerprint density at radius 3 is 2.65 bits per heavy atom. The van der Waals surface area contributed by atoms with Crippen molar-refractivity contribution in [3.05, 3.63) is 57.6 Å². The summed E-state index contributed by atoms with van der Waals surface area (Å²) in [6.07, 6.45) is 2.18. The van der Waals surface area contributed by atoms with Crippen molar-refractivity contribution < 1.29 is 19.2 Å². The standard InChI is InChI=1S/C26H26N2O5S/c1-5-14-6-8-16(33-24-27-19-9-7-15(28(31)32)12-20(19)34-24)13-17(14)21-22(29)18-10-11-26(4,23(21)30)25(18,2)3/h6-9,12-13,18,21H,5,10-11H2,1-4H3/t18-,21?,26+/m0/s1. The van der Waals surface area contributed by atoms with Crippen LogP contribution in [-0.2, 0) is 16.0 Å². The van der Waals surface area contributed by atoms with Gasteiger partial charge in [-0.3, -0.25) is 19.7 Å². The minimum absolute atomic E-state index is 0.00217. The minimum atomic E-state index is -0.776. The van der Waals surface area contributed by atoms with Crippen LogP contribution in [0, 0.1) is 26.9 Å². The summed E-state index contributed by atoms with van der Waals surface area (Å²) in [6, 6.07) is 10.0. The van der Waals surface area contributed by atoms with E-state index in [1.807, 2.05) is 26.0 Å². The van der Waals surface area contributed by atoms with E-state index >= 15 is 0 Å². The fourth-order valence-corrected chi connectivity index (χ4v) is 6.63. The fraction of sp³-hybridized carbons (Fsp3) is 0.423. The lowest BCUT2D eigenvalue weighted by atomic mass is 9.54. The van der Waals surface area contributed by atoms with Crippen LogP contribution in [0.15, 0.2) is 36.4 Å². The van der Waals surface area contributed by atoms with Gasteiger partial charge in [0.2, 0.25) is 0 Å². The van der Waals surface area contributed by atoms with E-state index in [0.29, 0.717) is 27.6 Å². The number of aromatic nitrogens is 1. The molecular formula is C26H26N2O5S. The number of fused-ring (bicyclic) bond motifs is 3. The molecule has 2 saturated carbocycles. The summed E-state index contributed by atoms with van der Waals surface area (Å²) in [5.41, 5.74) is 1.42. The Bertz CT molecular complexity index is 1360. The van der Waals surface area contributed by atoms with Crippen LogP contribution in [0.3, 0.4) is 0 Å². The van der Waals surface area contributed by atoms with Crippen LogP contribution in [0.1, 0.15) is 57.6 Å². The third kappa shape index (κ3) is 3.19. The van der Waals surface area contributed by atoms with Crippen molar-refractivity contribution in [1.82, 2.24) is 4.98 Å². The Balaban J connectivity index is 1.52. The molecule has 176 valence electrons. The van der Waals surface area contributed by atoms with Gasteiger partial charge in [-0.2, -0.15) is 0 Å². The average Bonchev–Trinajstić information content (AvgIpc) is 3.27. The molecule has 2 fully saturated rings. The number of thiazole rings is 1. The summed E-state index contributed by atoms with van der Waals surface area (Å²) in [5.74, 6) is -0.389. The maximum Gasteiger partial charge on any atom is 0.279 e. The summed E-state index contributed by atoms with van der Waals surface area (Å²) in [4.78, 5) is 42.4. The van der Waals surface area contributed by atoms with E-state index < -0.39 is 16.3 Å². The number of non-ortho nitro benzene ring substituents is 1. The van der Waals surface area contributed by atoms with E-state index in [1.54, 1.807) is 12.1 Å². The second-order valence-electron chi connectivity index (χ2n) is 10.0. The molecule has 3 aromatic rings. The first-order valence-electron chi connectivity index (χ1n) is 11.5. The van der Waals surface area contributed by atoms with Crippen LogP contribution in [0.5, 0.6) is 10.9 Å². The number of nitro groups is 1. The van der Waals surface area contributed by atoms with Gasteiger partial charge in [-0.1, -0.05) is 45.1 Å². The first kappa shape index (κ1) is 22.7. The number of carbonyl (C=O) groups is 2. The van der Waals surface area contributed by atoms with Gasteiger partial charge in [0, 0.05) is 23.5 Å². The predicted octanol–water partition coefficient (Wildman–Crippen LogP) is 6.24. The summed E-state index contributed by atoms with van der Waals surface area (Å²) in [7, 11) is 0. The first-order chi connectivity index (χ1) is 16.1.